The number of allylic oxidation sites excluding steroid dienone is 4. The molecule has 0 amide bonds. The first-order chi connectivity index (χ1) is 11.8. The van der Waals surface area contributed by atoms with E-state index in [9.17, 15) is 19.8 Å². The van der Waals surface area contributed by atoms with Crippen LogP contribution in [0.2, 0.25) is 0 Å². The highest BCUT2D eigenvalue weighted by Gasteiger charge is 2.62. The Hall–Kier alpha value is -1.26. The lowest BCUT2D eigenvalue weighted by molar-refractivity contribution is -0.141. The summed E-state index contributed by atoms with van der Waals surface area (Å²) in [5.74, 6) is 0.734. The Morgan fingerprint density at radius 3 is 2.76 bits per heavy atom. The first-order valence-corrected chi connectivity index (χ1v) is 9.57. The smallest absolute Gasteiger partial charge is 0.178 e. The number of aliphatic hydroxyl groups is 2. The van der Waals surface area contributed by atoms with Crippen LogP contribution in [0.4, 0.5) is 0 Å². The summed E-state index contributed by atoms with van der Waals surface area (Å²) < 4.78 is 0. The zero-order valence-corrected chi connectivity index (χ0v) is 15.1. The van der Waals surface area contributed by atoms with Crippen molar-refractivity contribution in [3.8, 4) is 0 Å². The molecule has 0 aromatic heterocycles. The molecule has 3 fully saturated rings. The normalized spacial score (nSPS) is 48.4. The van der Waals surface area contributed by atoms with Crippen LogP contribution in [0.25, 0.3) is 0 Å². The Morgan fingerprint density at radius 1 is 1.28 bits per heavy atom. The molecule has 4 aliphatic rings. The van der Waals surface area contributed by atoms with Gasteiger partial charge in [0.05, 0.1) is 6.10 Å². The van der Waals surface area contributed by atoms with E-state index in [4.69, 9.17) is 0 Å². The summed E-state index contributed by atoms with van der Waals surface area (Å²) in [6.45, 7) is 3.92. The molecule has 4 aliphatic carbocycles. The van der Waals surface area contributed by atoms with Gasteiger partial charge in [0.25, 0.3) is 0 Å². The minimum Gasteiger partial charge on any atom is -0.393 e. The van der Waals surface area contributed by atoms with Crippen LogP contribution in [0.5, 0.6) is 0 Å². The van der Waals surface area contributed by atoms with Gasteiger partial charge in [-0.25, -0.2) is 0 Å². The molecule has 7 atom stereocenters. The molecule has 0 heterocycles. The van der Waals surface area contributed by atoms with E-state index in [-0.39, 0.29) is 34.2 Å². The van der Waals surface area contributed by atoms with E-state index >= 15 is 0 Å². The average Bonchev–Trinajstić information content (AvgIpc) is 2.91. The quantitative estimate of drug-likeness (QED) is 0.807. The van der Waals surface area contributed by atoms with Crippen LogP contribution < -0.4 is 0 Å². The number of Topliss-reactive ketones (excluding diaryl/α,β-unsaturated/α-hetero) is 1. The molecular formula is C21H28O4. The van der Waals surface area contributed by atoms with E-state index in [1.165, 1.54) is 0 Å². The summed E-state index contributed by atoms with van der Waals surface area (Å²) >= 11 is 0. The van der Waals surface area contributed by atoms with Crippen LogP contribution in [0, 0.1) is 34.5 Å². The number of carbonyl (C=O) groups excluding carboxylic acids is 2. The lowest BCUT2D eigenvalue weighted by Gasteiger charge is -2.58. The molecule has 0 aromatic carbocycles. The van der Waals surface area contributed by atoms with Crippen LogP contribution in [0.1, 0.15) is 46.0 Å². The molecule has 25 heavy (non-hydrogen) atoms. The van der Waals surface area contributed by atoms with Gasteiger partial charge in [-0.1, -0.05) is 25.5 Å². The van der Waals surface area contributed by atoms with Crippen LogP contribution in [0.15, 0.2) is 23.8 Å². The minimum absolute atomic E-state index is 0.0514. The molecule has 4 rings (SSSR count). The first-order valence-electron chi connectivity index (χ1n) is 9.57. The van der Waals surface area contributed by atoms with Gasteiger partial charge >= 0.3 is 0 Å². The van der Waals surface area contributed by atoms with E-state index in [0.717, 1.165) is 31.3 Å². The maximum absolute atomic E-state index is 12.3. The topological polar surface area (TPSA) is 74.6 Å². The first kappa shape index (κ1) is 17.2. The Bertz CT molecular complexity index is 677. The highest BCUT2D eigenvalue weighted by Crippen LogP contribution is 2.65. The van der Waals surface area contributed by atoms with Gasteiger partial charge in [-0.15, -0.1) is 0 Å². The van der Waals surface area contributed by atoms with E-state index in [2.05, 4.69) is 13.8 Å². The van der Waals surface area contributed by atoms with E-state index in [1.807, 2.05) is 6.08 Å². The van der Waals surface area contributed by atoms with Gasteiger partial charge in [0, 0.05) is 17.3 Å². The van der Waals surface area contributed by atoms with Gasteiger partial charge in [-0.3, -0.25) is 9.59 Å². The fourth-order valence-electron chi connectivity index (χ4n) is 6.96. The monoisotopic (exact) mass is 344 g/mol. The zero-order chi connectivity index (χ0) is 18.0. The number of hydrogen-bond acceptors (Lipinski definition) is 4. The fraction of sp³-hybridized carbons (Fsp3) is 0.714. The molecule has 0 aliphatic heterocycles. The molecule has 7 unspecified atom stereocenters. The summed E-state index contributed by atoms with van der Waals surface area (Å²) in [7, 11) is 0. The van der Waals surface area contributed by atoms with Crippen LogP contribution in [0.3, 0.4) is 0 Å². The third-order valence-corrected chi connectivity index (χ3v) is 8.04. The number of rotatable bonds is 2. The third-order valence-electron chi connectivity index (χ3n) is 8.04. The van der Waals surface area contributed by atoms with Crippen LogP contribution in [-0.4, -0.2) is 34.5 Å². The average molecular weight is 344 g/mol. The number of aliphatic hydroxyl groups excluding tert-OH is 2. The molecule has 0 aromatic rings. The maximum Gasteiger partial charge on any atom is 0.178 e. The Labute approximate surface area is 149 Å². The molecule has 136 valence electrons. The van der Waals surface area contributed by atoms with Crippen molar-refractivity contribution < 1.29 is 19.8 Å². The van der Waals surface area contributed by atoms with E-state index in [1.54, 1.807) is 12.2 Å². The van der Waals surface area contributed by atoms with Crippen molar-refractivity contribution in [2.45, 2.75) is 52.1 Å². The summed E-state index contributed by atoms with van der Waals surface area (Å²) in [6.07, 6.45) is 9.25. The number of fused-ring (bicyclic) bond motifs is 5. The van der Waals surface area contributed by atoms with Gasteiger partial charge < -0.3 is 10.2 Å². The highest BCUT2D eigenvalue weighted by atomic mass is 16.3. The maximum atomic E-state index is 12.3. The summed E-state index contributed by atoms with van der Waals surface area (Å²) in [4.78, 5) is 24.1. The molecule has 4 nitrogen and oxygen atoms in total. The van der Waals surface area contributed by atoms with Crippen LogP contribution in [-0.2, 0) is 9.59 Å². The molecule has 3 saturated carbocycles. The molecule has 0 radical (unpaired) electrons. The fourth-order valence-corrected chi connectivity index (χ4v) is 6.96. The molecule has 0 spiro atoms. The van der Waals surface area contributed by atoms with Crippen molar-refractivity contribution >= 4 is 11.6 Å². The second-order valence-corrected chi connectivity index (χ2v) is 9.05. The lowest BCUT2D eigenvalue weighted by atomic mass is 9.46. The SMILES string of the molecule is CC12C=CC(=O)C=C1CCC1C2C(O)CC2(C)C(C(=O)CO)CCC12. The van der Waals surface area contributed by atoms with E-state index in [0.29, 0.717) is 18.3 Å². The number of ketones is 2. The summed E-state index contributed by atoms with van der Waals surface area (Å²) in [5, 5.41) is 20.5. The summed E-state index contributed by atoms with van der Waals surface area (Å²) in [5.41, 5.74) is 0.688. The third kappa shape index (κ3) is 2.26. The predicted molar refractivity (Wildman–Crippen MR) is 93.6 cm³/mol. The van der Waals surface area contributed by atoms with Gasteiger partial charge in [-0.05, 0) is 61.5 Å². The summed E-state index contributed by atoms with van der Waals surface area (Å²) in [6, 6.07) is 0. The lowest BCUT2D eigenvalue weighted by Crippen LogP contribution is -2.56. The van der Waals surface area contributed by atoms with Crippen molar-refractivity contribution in [1.29, 1.82) is 0 Å². The second-order valence-electron chi connectivity index (χ2n) is 9.05. The molecule has 0 saturated heterocycles. The molecule has 4 heteroatoms. The zero-order valence-electron chi connectivity index (χ0n) is 15.1. The van der Waals surface area contributed by atoms with Crippen molar-refractivity contribution in [3.63, 3.8) is 0 Å². The standard InChI is InChI=1S/C21H28O4/c1-20-8-7-13(23)9-12(20)3-4-14-15-5-6-16(18(25)11-22)21(15,2)10-17(24)19(14)20/h7-9,14-17,19,22,24H,3-6,10-11H2,1-2H3. The van der Waals surface area contributed by atoms with Crippen molar-refractivity contribution in [3.05, 3.63) is 23.8 Å². The second kappa shape index (κ2) is 5.62. The Balaban J connectivity index is 1.71. The van der Waals surface area contributed by atoms with Gasteiger partial charge in [-0.2, -0.15) is 0 Å². The van der Waals surface area contributed by atoms with Gasteiger partial charge in [0.15, 0.2) is 11.6 Å². The van der Waals surface area contributed by atoms with E-state index < -0.39 is 12.7 Å². The van der Waals surface area contributed by atoms with Gasteiger partial charge in [0.1, 0.15) is 6.61 Å². The molecule has 2 N–H and O–H groups in total. The predicted octanol–water partition coefficient (Wildman–Crippen LogP) is 2.44. The van der Waals surface area contributed by atoms with Crippen molar-refractivity contribution in [2.24, 2.45) is 34.5 Å². The Kier molecular flexibility index (Phi) is 3.86. The Morgan fingerprint density at radius 2 is 2.04 bits per heavy atom. The van der Waals surface area contributed by atoms with Gasteiger partial charge in [0.2, 0.25) is 0 Å². The molecule has 0 bridgehead atoms. The minimum atomic E-state index is -0.482. The highest BCUT2D eigenvalue weighted by molar-refractivity contribution is 6.01. The van der Waals surface area contributed by atoms with Crippen LogP contribution >= 0.6 is 0 Å². The van der Waals surface area contributed by atoms with Crippen molar-refractivity contribution in [1.82, 2.24) is 0 Å². The van der Waals surface area contributed by atoms with Crippen molar-refractivity contribution in [2.75, 3.05) is 6.61 Å². The number of hydrogen-bond donors (Lipinski definition) is 2. The largest absolute Gasteiger partial charge is 0.393 e. The molecular weight excluding hydrogens is 316 g/mol. The number of carbonyl (C=O) groups is 2.